The summed E-state index contributed by atoms with van der Waals surface area (Å²) in [5.41, 5.74) is 0.897. The number of methoxy groups -OCH3 is 1. The molecule has 3 heterocycles. The van der Waals surface area contributed by atoms with Crippen molar-refractivity contribution in [2.24, 2.45) is 11.8 Å². The molecule has 0 radical (unpaired) electrons. The summed E-state index contributed by atoms with van der Waals surface area (Å²) in [7, 11) is 1.54. The Balaban J connectivity index is 2.13. The zero-order valence-electron chi connectivity index (χ0n) is 12.4. The molecule has 21 heavy (non-hydrogen) atoms. The van der Waals surface area contributed by atoms with Crippen molar-refractivity contribution in [1.29, 1.82) is 5.26 Å². The number of fused-ring (bicyclic) bond motifs is 1. The lowest BCUT2D eigenvalue weighted by Gasteiger charge is -2.34. The summed E-state index contributed by atoms with van der Waals surface area (Å²) in [6.07, 6.45) is 2.71. The van der Waals surface area contributed by atoms with Gasteiger partial charge in [0.1, 0.15) is 11.8 Å². The number of hydrogen-bond donors (Lipinski definition) is 0. The highest BCUT2D eigenvalue weighted by Gasteiger charge is 2.26. The molecular weight excluding hydrogens is 268 g/mol. The number of ether oxygens (including phenoxy) is 1. The molecule has 0 amide bonds. The van der Waals surface area contributed by atoms with Gasteiger partial charge in [0.2, 0.25) is 11.6 Å². The molecule has 2 atom stereocenters. The molecule has 2 aromatic rings. The number of piperidine rings is 1. The first kappa shape index (κ1) is 13.6. The number of hydrogen-bond acceptors (Lipinski definition) is 6. The van der Waals surface area contributed by atoms with Crippen molar-refractivity contribution in [2.75, 3.05) is 25.1 Å². The van der Waals surface area contributed by atoms with Crippen LogP contribution in [-0.4, -0.2) is 39.8 Å². The van der Waals surface area contributed by atoms with Crippen molar-refractivity contribution >= 4 is 11.6 Å². The van der Waals surface area contributed by atoms with E-state index in [9.17, 15) is 5.26 Å². The largest absolute Gasteiger partial charge is 0.478 e. The zero-order valence-corrected chi connectivity index (χ0v) is 12.4. The highest BCUT2D eigenvalue weighted by Crippen LogP contribution is 2.27. The molecule has 1 aliphatic heterocycles. The van der Waals surface area contributed by atoms with E-state index in [-0.39, 0.29) is 0 Å². The minimum atomic E-state index is 0.380. The van der Waals surface area contributed by atoms with Gasteiger partial charge in [0, 0.05) is 13.1 Å². The van der Waals surface area contributed by atoms with E-state index in [0.717, 1.165) is 13.1 Å². The average Bonchev–Trinajstić information content (AvgIpc) is 2.90. The molecule has 0 saturated carbocycles. The molecule has 1 fully saturated rings. The summed E-state index contributed by atoms with van der Waals surface area (Å²) < 4.78 is 6.94. The van der Waals surface area contributed by atoms with Gasteiger partial charge in [0.15, 0.2) is 0 Å². The van der Waals surface area contributed by atoms with Crippen LogP contribution in [0, 0.1) is 23.2 Å². The Morgan fingerprint density at radius 1 is 1.29 bits per heavy atom. The fourth-order valence-corrected chi connectivity index (χ4v) is 3.13. The second kappa shape index (κ2) is 5.20. The van der Waals surface area contributed by atoms with E-state index in [1.165, 1.54) is 19.7 Å². The molecule has 110 valence electrons. The molecule has 2 unspecified atom stereocenters. The van der Waals surface area contributed by atoms with E-state index in [1.807, 2.05) is 0 Å². The Morgan fingerprint density at radius 2 is 2.00 bits per heavy atom. The van der Waals surface area contributed by atoms with Crippen molar-refractivity contribution < 1.29 is 4.74 Å². The first-order valence-corrected chi connectivity index (χ1v) is 7.07. The molecule has 7 nitrogen and oxygen atoms in total. The predicted octanol–water partition coefficient (Wildman–Crippen LogP) is 1.49. The number of rotatable bonds is 2. The molecular formula is C14H18N6O. The molecule has 0 spiro atoms. The van der Waals surface area contributed by atoms with Gasteiger partial charge < -0.3 is 9.64 Å². The van der Waals surface area contributed by atoms with Crippen molar-refractivity contribution in [1.82, 2.24) is 19.6 Å². The first-order chi connectivity index (χ1) is 10.1. The van der Waals surface area contributed by atoms with Crippen LogP contribution < -0.4 is 9.64 Å². The quantitative estimate of drug-likeness (QED) is 0.832. The maximum absolute atomic E-state index is 9.32. The van der Waals surface area contributed by atoms with Crippen molar-refractivity contribution in [3.63, 3.8) is 0 Å². The Labute approximate surface area is 123 Å². The fourth-order valence-electron chi connectivity index (χ4n) is 3.13. The Hall–Kier alpha value is -2.36. The monoisotopic (exact) mass is 286 g/mol. The molecule has 0 bridgehead atoms. The van der Waals surface area contributed by atoms with Gasteiger partial charge in [-0.3, -0.25) is 0 Å². The van der Waals surface area contributed by atoms with Gasteiger partial charge in [-0.1, -0.05) is 13.8 Å². The molecule has 1 aliphatic rings. The third kappa shape index (κ3) is 2.27. The highest BCUT2D eigenvalue weighted by molar-refractivity contribution is 5.56. The molecule has 0 aliphatic carbocycles. The summed E-state index contributed by atoms with van der Waals surface area (Å²) in [5, 5.41) is 17.7. The highest BCUT2D eigenvalue weighted by atomic mass is 16.5. The zero-order chi connectivity index (χ0) is 15.0. The van der Waals surface area contributed by atoms with Crippen LogP contribution >= 0.6 is 0 Å². The van der Waals surface area contributed by atoms with Crippen LogP contribution in [0.3, 0.4) is 0 Å². The number of anilines is 1. The Morgan fingerprint density at radius 3 is 2.62 bits per heavy atom. The standard InChI is InChI=1S/C14H18N6O/c1-9-4-10(2)8-19(7-9)14-18-17-12-13(21-3)16-6-11(5-15)20(12)14/h6,9-10H,4,7-8H2,1-3H3. The van der Waals surface area contributed by atoms with Crippen LogP contribution in [0.25, 0.3) is 5.65 Å². The second-order valence-corrected chi connectivity index (χ2v) is 5.77. The molecule has 3 rings (SSSR count). The Bertz CT molecular complexity index is 693. The summed E-state index contributed by atoms with van der Waals surface area (Å²) in [4.78, 5) is 6.29. The van der Waals surface area contributed by atoms with Crippen LogP contribution in [0.5, 0.6) is 5.88 Å². The third-order valence-electron chi connectivity index (χ3n) is 3.84. The topological polar surface area (TPSA) is 79.3 Å². The van der Waals surface area contributed by atoms with Gasteiger partial charge in [-0.25, -0.2) is 9.38 Å². The van der Waals surface area contributed by atoms with Crippen molar-refractivity contribution in [2.45, 2.75) is 20.3 Å². The number of aromatic nitrogens is 4. The predicted molar refractivity (Wildman–Crippen MR) is 77.2 cm³/mol. The minimum Gasteiger partial charge on any atom is -0.478 e. The normalized spacial score (nSPS) is 22.3. The van der Waals surface area contributed by atoms with Crippen LogP contribution in [0.4, 0.5) is 5.95 Å². The molecule has 0 aromatic carbocycles. The van der Waals surface area contributed by atoms with Gasteiger partial charge in [-0.05, 0) is 18.3 Å². The third-order valence-corrected chi connectivity index (χ3v) is 3.84. The van der Waals surface area contributed by atoms with Gasteiger partial charge in [-0.2, -0.15) is 5.26 Å². The SMILES string of the molecule is COc1ncc(C#N)n2c(N3CC(C)CC(C)C3)nnc12. The molecule has 1 saturated heterocycles. The lowest BCUT2D eigenvalue weighted by Crippen LogP contribution is -2.39. The lowest BCUT2D eigenvalue weighted by molar-refractivity contribution is 0.353. The van der Waals surface area contributed by atoms with E-state index < -0.39 is 0 Å². The van der Waals surface area contributed by atoms with Crippen LogP contribution in [0.1, 0.15) is 26.0 Å². The Kier molecular flexibility index (Phi) is 3.37. The van der Waals surface area contributed by atoms with Crippen LogP contribution in [-0.2, 0) is 0 Å². The van der Waals surface area contributed by atoms with E-state index in [1.54, 1.807) is 4.40 Å². The lowest BCUT2D eigenvalue weighted by atomic mass is 9.92. The van der Waals surface area contributed by atoms with Crippen LogP contribution in [0.2, 0.25) is 0 Å². The summed E-state index contributed by atoms with van der Waals surface area (Å²) in [6.45, 7) is 6.31. The van der Waals surface area contributed by atoms with Crippen LogP contribution in [0.15, 0.2) is 6.20 Å². The van der Waals surface area contributed by atoms with E-state index in [0.29, 0.717) is 35.0 Å². The fraction of sp³-hybridized carbons (Fsp3) is 0.571. The molecule has 2 aromatic heterocycles. The van der Waals surface area contributed by atoms with E-state index >= 15 is 0 Å². The molecule has 0 N–H and O–H groups in total. The van der Waals surface area contributed by atoms with Crippen molar-refractivity contribution in [3.05, 3.63) is 11.9 Å². The smallest absolute Gasteiger partial charge is 0.260 e. The van der Waals surface area contributed by atoms with Gasteiger partial charge in [0.25, 0.3) is 5.88 Å². The van der Waals surface area contributed by atoms with E-state index in [4.69, 9.17) is 4.74 Å². The van der Waals surface area contributed by atoms with Gasteiger partial charge in [0.05, 0.1) is 13.3 Å². The summed E-state index contributed by atoms with van der Waals surface area (Å²) >= 11 is 0. The summed E-state index contributed by atoms with van der Waals surface area (Å²) in [6, 6.07) is 2.15. The summed E-state index contributed by atoms with van der Waals surface area (Å²) in [5.74, 6) is 2.26. The maximum Gasteiger partial charge on any atom is 0.260 e. The van der Waals surface area contributed by atoms with Crippen molar-refractivity contribution in [3.8, 4) is 11.9 Å². The van der Waals surface area contributed by atoms with Gasteiger partial charge >= 0.3 is 0 Å². The van der Waals surface area contributed by atoms with E-state index in [2.05, 4.69) is 40.0 Å². The second-order valence-electron chi connectivity index (χ2n) is 5.77. The number of nitrogens with zero attached hydrogens (tertiary/aromatic N) is 6. The molecule has 7 heteroatoms. The van der Waals surface area contributed by atoms with Gasteiger partial charge in [-0.15, -0.1) is 10.2 Å². The average molecular weight is 286 g/mol. The first-order valence-electron chi connectivity index (χ1n) is 7.07. The maximum atomic E-state index is 9.32. The number of nitriles is 1. The minimum absolute atomic E-state index is 0.380.